The van der Waals surface area contributed by atoms with Gasteiger partial charge >= 0.3 is 0 Å². The zero-order chi connectivity index (χ0) is 18.6. The van der Waals surface area contributed by atoms with Crippen LogP contribution in [0, 0.1) is 0 Å². The van der Waals surface area contributed by atoms with Crippen molar-refractivity contribution in [3.63, 3.8) is 0 Å². The minimum absolute atomic E-state index is 0.0954. The molecule has 0 aliphatic heterocycles. The van der Waals surface area contributed by atoms with Crippen molar-refractivity contribution < 1.29 is 14.1 Å². The second-order valence-corrected chi connectivity index (χ2v) is 6.61. The summed E-state index contributed by atoms with van der Waals surface area (Å²) in [6.45, 7) is 3.28. The van der Waals surface area contributed by atoms with Gasteiger partial charge in [0.2, 0.25) is 11.8 Å². The average molecular weight is 357 g/mol. The molecule has 3 rings (SSSR count). The summed E-state index contributed by atoms with van der Waals surface area (Å²) in [5, 5.41) is 9.91. The molecule has 8 nitrogen and oxygen atoms in total. The fourth-order valence-electron chi connectivity index (χ4n) is 3.31. The molecule has 2 amide bonds. The van der Waals surface area contributed by atoms with Gasteiger partial charge in [-0.2, -0.15) is 4.98 Å². The molecule has 1 aliphatic rings. The molecule has 2 aromatic heterocycles. The summed E-state index contributed by atoms with van der Waals surface area (Å²) in [5.74, 6) is 0.604. The molecular weight excluding hydrogens is 334 g/mol. The lowest BCUT2D eigenvalue weighted by Crippen LogP contribution is -2.47. The molecule has 2 heterocycles. The van der Waals surface area contributed by atoms with Crippen LogP contribution in [0.1, 0.15) is 58.2 Å². The van der Waals surface area contributed by atoms with Crippen LogP contribution in [0.3, 0.4) is 0 Å². The summed E-state index contributed by atoms with van der Waals surface area (Å²) in [5.41, 5.74) is 0.614. The first-order chi connectivity index (χ1) is 12.5. The molecular formula is C18H23N5O3. The molecule has 2 N–H and O–H groups in total. The molecule has 1 fully saturated rings. The van der Waals surface area contributed by atoms with Crippen LogP contribution in [-0.2, 0) is 15.1 Å². The van der Waals surface area contributed by atoms with Crippen molar-refractivity contribution in [1.82, 2.24) is 20.4 Å². The zero-order valence-corrected chi connectivity index (χ0v) is 15.0. The second-order valence-electron chi connectivity index (χ2n) is 6.61. The van der Waals surface area contributed by atoms with Crippen LogP contribution in [0.15, 0.2) is 23.0 Å². The molecule has 0 saturated heterocycles. The summed E-state index contributed by atoms with van der Waals surface area (Å²) >= 11 is 0. The number of rotatable bonds is 5. The Morgan fingerprint density at radius 3 is 2.69 bits per heavy atom. The van der Waals surface area contributed by atoms with Gasteiger partial charge in [-0.3, -0.25) is 14.6 Å². The van der Waals surface area contributed by atoms with Gasteiger partial charge in [0.05, 0.1) is 17.4 Å². The number of hydrogen-bond donors (Lipinski definition) is 2. The molecule has 26 heavy (non-hydrogen) atoms. The first kappa shape index (κ1) is 18.0. The number of pyridine rings is 1. The topological polar surface area (TPSA) is 110 Å². The SMILES string of the molecule is CCC(=O)Nc1cncc(-c2nc(C3(NC(C)=O)CCCCC3)no2)c1. The van der Waals surface area contributed by atoms with Crippen LogP contribution in [0.2, 0.25) is 0 Å². The molecule has 0 atom stereocenters. The van der Waals surface area contributed by atoms with E-state index in [1.54, 1.807) is 25.4 Å². The maximum atomic E-state index is 11.7. The van der Waals surface area contributed by atoms with Crippen LogP contribution < -0.4 is 10.6 Å². The highest BCUT2D eigenvalue weighted by Gasteiger charge is 2.39. The van der Waals surface area contributed by atoms with E-state index < -0.39 is 5.54 Å². The van der Waals surface area contributed by atoms with Crippen molar-refractivity contribution in [2.45, 2.75) is 57.9 Å². The third-order valence-corrected chi connectivity index (χ3v) is 4.57. The molecule has 0 radical (unpaired) electrons. The lowest BCUT2D eigenvalue weighted by molar-refractivity contribution is -0.121. The van der Waals surface area contributed by atoms with Crippen LogP contribution >= 0.6 is 0 Å². The van der Waals surface area contributed by atoms with Gasteiger partial charge in [-0.05, 0) is 18.9 Å². The number of amides is 2. The molecule has 0 aromatic carbocycles. The van der Waals surface area contributed by atoms with E-state index in [0.717, 1.165) is 32.1 Å². The van der Waals surface area contributed by atoms with E-state index in [2.05, 4.69) is 25.8 Å². The van der Waals surface area contributed by atoms with Crippen LogP contribution in [-0.4, -0.2) is 26.9 Å². The summed E-state index contributed by atoms with van der Waals surface area (Å²) in [6, 6.07) is 1.74. The van der Waals surface area contributed by atoms with E-state index >= 15 is 0 Å². The van der Waals surface area contributed by atoms with Crippen LogP contribution in [0.25, 0.3) is 11.5 Å². The van der Waals surface area contributed by atoms with Gasteiger partial charge in [0.1, 0.15) is 5.54 Å². The molecule has 1 aliphatic carbocycles. The van der Waals surface area contributed by atoms with Gasteiger partial charge in [0, 0.05) is 19.5 Å². The summed E-state index contributed by atoms with van der Waals surface area (Å²) in [4.78, 5) is 31.9. The normalized spacial score (nSPS) is 16.1. The molecule has 0 unspecified atom stereocenters. The summed E-state index contributed by atoms with van der Waals surface area (Å²) in [7, 11) is 0. The minimum Gasteiger partial charge on any atom is -0.343 e. The maximum absolute atomic E-state index is 11.7. The third-order valence-electron chi connectivity index (χ3n) is 4.57. The van der Waals surface area contributed by atoms with Gasteiger partial charge < -0.3 is 15.2 Å². The van der Waals surface area contributed by atoms with Crippen molar-refractivity contribution in [2.24, 2.45) is 0 Å². The quantitative estimate of drug-likeness (QED) is 0.851. The Balaban J connectivity index is 1.88. The lowest BCUT2D eigenvalue weighted by Gasteiger charge is -2.34. The highest BCUT2D eigenvalue weighted by molar-refractivity contribution is 5.90. The van der Waals surface area contributed by atoms with Gasteiger partial charge in [-0.15, -0.1) is 0 Å². The van der Waals surface area contributed by atoms with E-state index in [4.69, 9.17) is 4.52 Å². The van der Waals surface area contributed by atoms with E-state index in [9.17, 15) is 9.59 Å². The molecule has 0 bridgehead atoms. The number of hydrogen-bond acceptors (Lipinski definition) is 6. The first-order valence-corrected chi connectivity index (χ1v) is 8.90. The Morgan fingerprint density at radius 1 is 1.23 bits per heavy atom. The lowest BCUT2D eigenvalue weighted by atomic mass is 9.81. The largest absolute Gasteiger partial charge is 0.343 e. The molecule has 138 valence electrons. The Bertz CT molecular complexity index is 796. The highest BCUT2D eigenvalue weighted by atomic mass is 16.5. The Hall–Kier alpha value is -2.77. The van der Waals surface area contributed by atoms with E-state index in [1.807, 2.05) is 0 Å². The van der Waals surface area contributed by atoms with Crippen LogP contribution in [0.5, 0.6) is 0 Å². The average Bonchev–Trinajstić information content (AvgIpc) is 3.13. The maximum Gasteiger partial charge on any atom is 0.259 e. The van der Waals surface area contributed by atoms with Crippen molar-refractivity contribution in [1.29, 1.82) is 0 Å². The standard InChI is InChI=1S/C18H23N5O3/c1-3-15(25)20-14-9-13(10-19-11-14)16-21-17(23-26-16)18(22-12(2)24)7-5-4-6-8-18/h9-11H,3-8H2,1-2H3,(H,20,25)(H,22,24). The Kier molecular flexibility index (Phi) is 5.29. The monoisotopic (exact) mass is 357 g/mol. The minimum atomic E-state index is -0.576. The summed E-state index contributed by atoms with van der Waals surface area (Å²) < 4.78 is 5.43. The second kappa shape index (κ2) is 7.63. The summed E-state index contributed by atoms with van der Waals surface area (Å²) in [6.07, 6.45) is 8.27. The number of nitrogens with one attached hydrogen (secondary N) is 2. The molecule has 2 aromatic rings. The van der Waals surface area contributed by atoms with E-state index in [1.165, 1.54) is 6.92 Å². The fourth-order valence-corrected chi connectivity index (χ4v) is 3.31. The Labute approximate surface area is 151 Å². The predicted molar refractivity (Wildman–Crippen MR) is 95.0 cm³/mol. The number of nitrogens with zero attached hydrogens (tertiary/aromatic N) is 3. The smallest absolute Gasteiger partial charge is 0.259 e. The van der Waals surface area contributed by atoms with Gasteiger partial charge in [0.15, 0.2) is 5.82 Å². The predicted octanol–water partition coefficient (Wildman–Crippen LogP) is 2.78. The van der Waals surface area contributed by atoms with Gasteiger partial charge in [0.25, 0.3) is 5.89 Å². The van der Waals surface area contributed by atoms with Crippen molar-refractivity contribution in [2.75, 3.05) is 5.32 Å². The number of aromatic nitrogens is 3. The zero-order valence-electron chi connectivity index (χ0n) is 15.0. The number of carbonyl (C=O) groups is 2. The van der Waals surface area contributed by atoms with Crippen molar-refractivity contribution in [3.05, 3.63) is 24.3 Å². The van der Waals surface area contributed by atoms with Crippen molar-refractivity contribution in [3.8, 4) is 11.5 Å². The fraction of sp³-hybridized carbons (Fsp3) is 0.500. The van der Waals surface area contributed by atoms with Crippen molar-refractivity contribution >= 4 is 17.5 Å². The van der Waals surface area contributed by atoms with Gasteiger partial charge in [-0.1, -0.05) is 31.3 Å². The molecule has 8 heteroatoms. The third kappa shape index (κ3) is 3.89. The highest BCUT2D eigenvalue weighted by Crippen LogP contribution is 2.36. The van der Waals surface area contributed by atoms with E-state index in [-0.39, 0.29) is 11.8 Å². The number of anilines is 1. The number of carbonyl (C=O) groups excluding carboxylic acids is 2. The van der Waals surface area contributed by atoms with Gasteiger partial charge in [-0.25, -0.2) is 0 Å². The Morgan fingerprint density at radius 2 is 2.00 bits per heavy atom. The van der Waals surface area contributed by atoms with Crippen LogP contribution in [0.4, 0.5) is 5.69 Å². The molecule has 0 spiro atoms. The first-order valence-electron chi connectivity index (χ1n) is 8.90. The molecule has 1 saturated carbocycles. The van der Waals surface area contributed by atoms with E-state index in [0.29, 0.717) is 29.4 Å².